The van der Waals surface area contributed by atoms with Gasteiger partial charge in [0.15, 0.2) is 5.65 Å². The van der Waals surface area contributed by atoms with Gasteiger partial charge in [0.25, 0.3) is 0 Å². The highest BCUT2D eigenvalue weighted by atomic mass is 79.9. The zero-order chi connectivity index (χ0) is 7.68. The van der Waals surface area contributed by atoms with Crippen molar-refractivity contribution in [1.82, 2.24) is 13.7 Å². The van der Waals surface area contributed by atoms with Gasteiger partial charge in [-0.2, -0.15) is 8.75 Å². The number of rotatable bonds is 1. The number of hydrogen-bond acceptors (Lipinski definition) is 4. The third-order valence-electron chi connectivity index (χ3n) is 1.32. The van der Waals surface area contributed by atoms with E-state index in [2.05, 4.69) is 29.7 Å². The quantitative estimate of drug-likeness (QED) is 0.703. The SMILES string of the molecule is BrCc1cnc2nsnc2c1. The van der Waals surface area contributed by atoms with Crippen molar-refractivity contribution in [2.75, 3.05) is 0 Å². The zero-order valence-corrected chi connectivity index (χ0v) is 7.89. The first-order valence-corrected chi connectivity index (χ1v) is 4.88. The minimum Gasteiger partial charge on any atom is -0.234 e. The minimum absolute atomic E-state index is 0.736. The number of alkyl halides is 1. The lowest BCUT2D eigenvalue weighted by Crippen LogP contribution is -1.81. The van der Waals surface area contributed by atoms with E-state index in [0.717, 1.165) is 22.1 Å². The summed E-state index contributed by atoms with van der Waals surface area (Å²) >= 11 is 4.54. The Morgan fingerprint density at radius 2 is 2.36 bits per heavy atom. The topological polar surface area (TPSA) is 38.7 Å². The molecule has 0 atom stereocenters. The van der Waals surface area contributed by atoms with Gasteiger partial charge in [-0.1, -0.05) is 15.9 Å². The van der Waals surface area contributed by atoms with Gasteiger partial charge in [-0.25, -0.2) is 4.98 Å². The van der Waals surface area contributed by atoms with Crippen LogP contribution in [0, 0.1) is 0 Å². The molecule has 0 bridgehead atoms. The Morgan fingerprint density at radius 1 is 1.45 bits per heavy atom. The highest BCUT2D eigenvalue weighted by Gasteiger charge is 1.99. The molecule has 0 aliphatic rings. The van der Waals surface area contributed by atoms with Crippen LogP contribution in [0.25, 0.3) is 11.2 Å². The Morgan fingerprint density at radius 3 is 3.18 bits per heavy atom. The molecule has 0 N–H and O–H groups in total. The standard InChI is InChI=1S/C6H4BrN3S/c7-2-4-1-5-6(8-3-4)10-11-9-5/h1,3H,2H2. The smallest absolute Gasteiger partial charge is 0.193 e. The molecule has 3 nitrogen and oxygen atoms in total. The maximum Gasteiger partial charge on any atom is 0.193 e. The van der Waals surface area contributed by atoms with Crippen LogP contribution < -0.4 is 0 Å². The predicted octanol–water partition coefficient (Wildman–Crippen LogP) is 1.98. The minimum atomic E-state index is 0.736. The maximum absolute atomic E-state index is 4.12. The lowest BCUT2D eigenvalue weighted by Gasteiger charge is -1.90. The molecular weight excluding hydrogens is 226 g/mol. The number of nitrogens with zero attached hydrogens (tertiary/aromatic N) is 3. The predicted molar refractivity (Wildman–Crippen MR) is 47.8 cm³/mol. The monoisotopic (exact) mass is 229 g/mol. The third kappa shape index (κ3) is 1.25. The van der Waals surface area contributed by atoms with Crippen LogP contribution in [0.4, 0.5) is 0 Å². The molecule has 0 aliphatic carbocycles. The molecule has 0 unspecified atom stereocenters. The Kier molecular flexibility index (Phi) is 1.83. The van der Waals surface area contributed by atoms with Crippen LogP contribution in [0.2, 0.25) is 0 Å². The van der Waals surface area contributed by atoms with Gasteiger partial charge in [0.2, 0.25) is 0 Å². The number of pyridine rings is 1. The Balaban J connectivity index is 2.67. The van der Waals surface area contributed by atoms with Crippen LogP contribution in [0.15, 0.2) is 12.3 Å². The van der Waals surface area contributed by atoms with Gasteiger partial charge in [-0.3, -0.25) is 0 Å². The van der Waals surface area contributed by atoms with E-state index in [1.165, 1.54) is 11.7 Å². The molecule has 0 amide bonds. The molecule has 2 aromatic rings. The van der Waals surface area contributed by atoms with Gasteiger partial charge in [-0.15, -0.1) is 0 Å². The molecule has 0 aliphatic heterocycles. The lowest BCUT2D eigenvalue weighted by atomic mass is 10.3. The molecule has 0 radical (unpaired) electrons. The summed E-state index contributed by atoms with van der Waals surface area (Å²) in [6.07, 6.45) is 1.80. The van der Waals surface area contributed by atoms with Crippen LogP contribution >= 0.6 is 27.7 Å². The molecular formula is C6H4BrN3S. The first-order valence-electron chi connectivity index (χ1n) is 3.03. The number of aromatic nitrogens is 3. The first kappa shape index (κ1) is 7.12. The summed E-state index contributed by atoms with van der Waals surface area (Å²) < 4.78 is 8.07. The Labute approximate surface area is 75.9 Å². The molecule has 0 spiro atoms. The van der Waals surface area contributed by atoms with E-state index in [-0.39, 0.29) is 0 Å². The van der Waals surface area contributed by atoms with Crippen molar-refractivity contribution in [3.63, 3.8) is 0 Å². The second kappa shape index (κ2) is 2.83. The van der Waals surface area contributed by atoms with E-state index in [1.54, 1.807) is 6.20 Å². The van der Waals surface area contributed by atoms with Gasteiger partial charge in [0, 0.05) is 11.5 Å². The molecule has 2 heterocycles. The van der Waals surface area contributed by atoms with Gasteiger partial charge < -0.3 is 0 Å². The second-order valence-electron chi connectivity index (χ2n) is 2.08. The summed E-state index contributed by atoms with van der Waals surface area (Å²) in [5, 5.41) is 0.813. The summed E-state index contributed by atoms with van der Waals surface area (Å²) in [7, 11) is 0. The lowest BCUT2D eigenvalue weighted by molar-refractivity contribution is 1.29. The summed E-state index contributed by atoms with van der Waals surface area (Å²) in [5.74, 6) is 0. The molecule has 2 aromatic heterocycles. The molecule has 2 rings (SSSR count). The van der Waals surface area contributed by atoms with Gasteiger partial charge in [0.1, 0.15) is 5.52 Å². The summed E-state index contributed by atoms with van der Waals surface area (Å²) in [6, 6.07) is 1.99. The summed E-state index contributed by atoms with van der Waals surface area (Å²) in [4.78, 5) is 4.12. The van der Waals surface area contributed by atoms with Crippen LogP contribution in [0.5, 0.6) is 0 Å². The molecule has 11 heavy (non-hydrogen) atoms. The molecule has 0 aromatic carbocycles. The molecule has 0 saturated heterocycles. The highest BCUT2D eigenvalue weighted by molar-refractivity contribution is 9.08. The molecule has 5 heteroatoms. The van der Waals surface area contributed by atoms with Crippen molar-refractivity contribution < 1.29 is 0 Å². The number of halogens is 1. The van der Waals surface area contributed by atoms with Gasteiger partial charge in [-0.05, 0) is 11.6 Å². The fourth-order valence-corrected chi connectivity index (χ4v) is 1.59. The summed E-state index contributed by atoms with van der Waals surface area (Å²) in [5.41, 5.74) is 2.75. The van der Waals surface area contributed by atoms with Crippen LogP contribution in [-0.2, 0) is 5.33 Å². The van der Waals surface area contributed by atoms with E-state index in [0.29, 0.717) is 0 Å². The average Bonchev–Trinajstić information content (AvgIpc) is 2.50. The fourth-order valence-electron chi connectivity index (χ4n) is 0.801. The van der Waals surface area contributed by atoms with Crippen LogP contribution in [-0.4, -0.2) is 13.7 Å². The highest BCUT2D eigenvalue weighted by Crippen LogP contribution is 2.12. The van der Waals surface area contributed by atoms with Crippen molar-refractivity contribution in [1.29, 1.82) is 0 Å². The van der Waals surface area contributed by atoms with Crippen molar-refractivity contribution in [3.05, 3.63) is 17.8 Å². The van der Waals surface area contributed by atoms with Gasteiger partial charge in [0.05, 0.1) is 11.7 Å². The third-order valence-corrected chi connectivity index (χ3v) is 2.51. The number of hydrogen-bond donors (Lipinski definition) is 0. The maximum atomic E-state index is 4.12. The van der Waals surface area contributed by atoms with E-state index in [1.807, 2.05) is 6.07 Å². The van der Waals surface area contributed by atoms with E-state index in [4.69, 9.17) is 0 Å². The zero-order valence-electron chi connectivity index (χ0n) is 5.49. The van der Waals surface area contributed by atoms with E-state index >= 15 is 0 Å². The van der Waals surface area contributed by atoms with Crippen molar-refractivity contribution >= 4 is 38.8 Å². The normalized spacial score (nSPS) is 10.6. The van der Waals surface area contributed by atoms with Crippen LogP contribution in [0.1, 0.15) is 5.56 Å². The number of fused-ring (bicyclic) bond motifs is 1. The molecule has 0 saturated carbocycles. The second-order valence-corrected chi connectivity index (χ2v) is 3.17. The van der Waals surface area contributed by atoms with Crippen molar-refractivity contribution in [3.8, 4) is 0 Å². The Bertz CT molecular complexity index is 373. The fraction of sp³-hybridized carbons (Fsp3) is 0.167. The van der Waals surface area contributed by atoms with Crippen LogP contribution in [0.3, 0.4) is 0 Å². The average molecular weight is 230 g/mol. The van der Waals surface area contributed by atoms with Gasteiger partial charge >= 0.3 is 0 Å². The van der Waals surface area contributed by atoms with Crippen molar-refractivity contribution in [2.45, 2.75) is 5.33 Å². The Hall–Kier alpha value is -0.550. The largest absolute Gasteiger partial charge is 0.234 e. The summed E-state index contributed by atoms with van der Waals surface area (Å²) in [6.45, 7) is 0. The van der Waals surface area contributed by atoms with Crippen molar-refractivity contribution in [2.24, 2.45) is 0 Å². The first-order chi connectivity index (χ1) is 5.40. The molecule has 56 valence electrons. The van der Waals surface area contributed by atoms with E-state index in [9.17, 15) is 0 Å². The molecule has 0 fully saturated rings. The van der Waals surface area contributed by atoms with E-state index < -0.39 is 0 Å².